The summed E-state index contributed by atoms with van der Waals surface area (Å²) in [6.07, 6.45) is 16.4. The third-order valence-electron chi connectivity index (χ3n) is 7.89. The molecule has 0 unspecified atom stereocenters. The summed E-state index contributed by atoms with van der Waals surface area (Å²) in [6.45, 7) is 4.02. The van der Waals surface area contributed by atoms with E-state index < -0.39 is 0 Å². The summed E-state index contributed by atoms with van der Waals surface area (Å²) in [5.41, 5.74) is 27.9. The predicted octanol–water partition coefficient (Wildman–Crippen LogP) is 8.55. The molecular formula is C38H33N3. The molecule has 0 atom stereocenters. The highest BCUT2D eigenvalue weighted by atomic mass is 14.7. The Bertz CT molecular complexity index is 1830. The highest BCUT2D eigenvalue weighted by molar-refractivity contribution is 5.97. The number of aromatic nitrogens is 1. The van der Waals surface area contributed by atoms with Crippen LogP contribution in [0.5, 0.6) is 0 Å². The molecule has 0 aliphatic heterocycles. The number of allylic oxidation sites excluding steroid dienone is 9. The molecule has 0 saturated carbocycles. The van der Waals surface area contributed by atoms with Crippen molar-refractivity contribution in [2.45, 2.75) is 20.3 Å². The van der Waals surface area contributed by atoms with Crippen molar-refractivity contribution in [1.29, 1.82) is 0 Å². The maximum atomic E-state index is 5.99. The van der Waals surface area contributed by atoms with Gasteiger partial charge in [-0.25, -0.2) is 4.98 Å². The topological polar surface area (TPSA) is 64.9 Å². The Morgan fingerprint density at radius 2 is 1.46 bits per heavy atom. The number of pyridine rings is 1. The van der Waals surface area contributed by atoms with E-state index in [1.54, 1.807) is 6.20 Å². The summed E-state index contributed by atoms with van der Waals surface area (Å²) in [4.78, 5) is 4.91. The third kappa shape index (κ3) is 4.87. The van der Waals surface area contributed by atoms with Crippen LogP contribution in [0.15, 0.2) is 128 Å². The molecule has 6 rings (SSSR count). The smallest absolute Gasteiger partial charge is 0.0729 e. The Hall–Kier alpha value is -5.15. The third-order valence-corrected chi connectivity index (χ3v) is 7.89. The van der Waals surface area contributed by atoms with Gasteiger partial charge in [0.1, 0.15) is 0 Å². The first-order valence-electron chi connectivity index (χ1n) is 14.0. The first-order valence-corrected chi connectivity index (χ1v) is 14.0. The standard InChI is InChI=1S/C38H33N3/c1-3-8-29(24-40)38-23-30(22-37(41-38)25(2)9-7-20-39)26-14-16-27(17-15-26)32-19-18-28-21-36-34(32)12-6-13-35(36)33-11-5-4-10-31(28)33/h3-20,22-24H,21,39-40H2,1-2H3/b8-3-,20-7-,25-9+,29-24+. The van der Waals surface area contributed by atoms with Gasteiger partial charge in [0, 0.05) is 11.8 Å². The minimum Gasteiger partial charge on any atom is -0.405 e. The monoisotopic (exact) mass is 531 g/mol. The van der Waals surface area contributed by atoms with E-state index in [0.29, 0.717) is 0 Å². The molecule has 2 aliphatic carbocycles. The van der Waals surface area contributed by atoms with E-state index in [1.807, 2.05) is 38.2 Å². The lowest BCUT2D eigenvalue weighted by atomic mass is 9.80. The summed E-state index contributed by atoms with van der Waals surface area (Å²) in [5, 5.41) is 0. The Balaban J connectivity index is 1.43. The average molecular weight is 532 g/mol. The van der Waals surface area contributed by atoms with Crippen LogP contribution < -0.4 is 11.5 Å². The summed E-state index contributed by atoms with van der Waals surface area (Å²) in [7, 11) is 0. The first kappa shape index (κ1) is 26.1. The summed E-state index contributed by atoms with van der Waals surface area (Å²) < 4.78 is 0. The van der Waals surface area contributed by atoms with Crippen LogP contribution in [0.4, 0.5) is 0 Å². The first-order chi connectivity index (χ1) is 20.1. The molecule has 0 spiro atoms. The number of nitrogens with two attached hydrogens (primary N) is 2. The van der Waals surface area contributed by atoms with Gasteiger partial charge in [-0.05, 0) is 106 Å². The van der Waals surface area contributed by atoms with Crippen LogP contribution in [0.1, 0.15) is 47.5 Å². The van der Waals surface area contributed by atoms with Gasteiger partial charge in [-0.1, -0.05) is 97.1 Å². The quantitative estimate of drug-likeness (QED) is 0.245. The molecule has 2 bridgehead atoms. The summed E-state index contributed by atoms with van der Waals surface area (Å²) in [5.74, 6) is 0. The zero-order valence-corrected chi connectivity index (χ0v) is 23.4. The molecule has 200 valence electrons. The number of nitrogens with zero attached hydrogens (tertiary/aromatic N) is 1. The molecule has 41 heavy (non-hydrogen) atoms. The van der Waals surface area contributed by atoms with Crippen molar-refractivity contribution in [1.82, 2.24) is 4.98 Å². The fourth-order valence-corrected chi connectivity index (χ4v) is 5.82. The van der Waals surface area contributed by atoms with Gasteiger partial charge in [-0.2, -0.15) is 0 Å². The normalized spacial score (nSPS) is 14.6. The predicted molar refractivity (Wildman–Crippen MR) is 174 cm³/mol. The van der Waals surface area contributed by atoms with E-state index >= 15 is 0 Å². The van der Waals surface area contributed by atoms with Crippen molar-refractivity contribution < 1.29 is 0 Å². The van der Waals surface area contributed by atoms with Crippen LogP contribution in [0.25, 0.3) is 44.5 Å². The van der Waals surface area contributed by atoms with E-state index in [9.17, 15) is 0 Å². The lowest BCUT2D eigenvalue weighted by molar-refractivity contribution is 1.23. The highest BCUT2D eigenvalue weighted by Gasteiger charge is 2.25. The number of hydrogen-bond acceptors (Lipinski definition) is 3. The van der Waals surface area contributed by atoms with E-state index in [2.05, 4.69) is 91.0 Å². The van der Waals surface area contributed by atoms with Gasteiger partial charge in [0.25, 0.3) is 0 Å². The van der Waals surface area contributed by atoms with Gasteiger partial charge >= 0.3 is 0 Å². The Morgan fingerprint density at radius 1 is 0.756 bits per heavy atom. The molecule has 0 amide bonds. The van der Waals surface area contributed by atoms with Crippen molar-refractivity contribution in [3.8, 4) is 22.3 Å². The molecule has 0 saturated heterocycles. The number of fused-ring (bicyclic) bond motifs is 4. The Labute approximate surface area is 242 Å². The maximum absolute atomic E-state index is 5.99. The van der Waals surface area contributed by atoms with Gasteiger partial charge in [0.15, 0.2) is 0 Å². The van der Waals surface area contributed by atoms with Gasteiger partial charge in [0.05, 0.1) is 11.4 Å². The van der Waals surface area contributed by atoms with Gasteiger partial charge in [0.2, 0.25) is 0 Å². The molecule has 4 aromatic rings. The molecule has 2 aliphatic rings. The molecule has 4 N–H and O–H groups in total. The van der Waals surface area contributed by atoms with E-state index in [0.717, 1.165) is 40.1 Å². The molecular weight excluding hydrogens is 498 g/mol. The van der Waals surface area contributed by atoms with Crippen LogP contribution in [0, 0.1) is 0 Å². The maximum Gasteiger partial charge on any atom is 0.0729 e. The van der Waals surface area contributed by atoms with Gasteiger partial charge < -0.3 is 11.5 Å². The fourth-order valence-electron chi connectivity index (χ4n) is 5.82. The van der Waals surface area contributed by atoms with E-state index in [4.69, 9.17) is 16.5 Å². The molecule has 3 aromatic carbocycles. The number of rotatable bonds is 6. The van der Waals surface area contributed by atoms with E-state index in [-0.39, 0.29) is 0 Å². The minimum absolute atomic E-state index is 0.829. The van der Waals surface area contributed by atoms with Gasteiger partial charge in [-0.3, -0.25) is 0 Å². The summed E-state index contributed by atoms with van der Waals surface area (Å²) >= 11 is 0. The largest absolute Gasteiger partial charge is 0.405 e. The van der Waals surface area contributed by atoms with Crippen LogP contribution in [0.3, 0.4) is 0 Å². The van der Waals surface area contributed by atoms with Crippen LogP contribution in [-0.4, -0.2) is 4.98 Å². The van der Waals surface area contributed by atoms with Crippen LogP contribution >= 0.6 is 0 Å². The van der Waals surface area contributed by atoms with Crippen molar-refractivity contribution in [2.24, 2.45) is 11.5 Å². The Kier molecular flexibility index (Phi) is 7.09. The van der Waals surface area contributed by atoms with Crippen LogP contribution in [0.2, 0.25) is 0 Å². The van der Waals surface area contributed by atoms with Crippen molar-refractivity contribution in [2.75, 3.05) is 0 Å². The number of benzene rings is 3. The van der Waals surface area contributed by atoms with E-state index in [1.165, 1.54) is 50.7 Å². The Morgan fingerprint density at radius 3 is 2.22 bits per heavy atom. The number of hydrogen-bond donors (Lipinski definition) is 2. The molecule has 0 fully saturated rings. The SMILES string of the molecule is C/C=C\C(=C/N)c1cc(-c2ccc(C3=CC=C4Cc5c3cccc5-c3ccccc34)cc2)cc(/C(C)=C/C=C\N)n1. The van der Waals surface area contributed by atoms with Crippen molar-refractivity contribution in [3.05, 3.63) is 161 Å². The lowest BCUT2D eigenvalue weighted by Crippen LogP contribution is -2.05. The van der Waals surface area contributed by atoms with Crippen molar-refractivity contribution in [3.63, 3.8) is 0 Å². The average Bonchev–Trinajstić information content (AvgIpc) is 3.21. The molecule has 1 aromatic heterocycles. The van der Waals surface area contributed by atoms with Crippen molar-refractivity contribution >= 4 is 22.3 Å². The zero-order valence-electron chi connectivity index (χ0n) is 23.4. The highest BCUT2D eigenvalue weighted by Crippen LogP contribution is 2.45. The fraction of sp³-hybridized carbons (Fsp3) is 0.0789. The molecule has 0 radical (unpaired) electrons. The van der Waals surface area contributed by atoms with Gasteiger partial charge in [-0.15, -0.1) is 0 Å². The second-order valence-electron chi connectivity index (χ2n) is 10.4. The zero-order chi connectivity index (χ0) is 28.3. The molecule has 1 heterocycles. The second kappa shape index (κ2) is 11.1. The summed E-state index contributed by atoms with van der Waals surface area (Å²) in [6, 6.07) is 28.6. The molecule has 3 nitrogen and oxygen atoms in total. The minimum atomic E-state index is 0.829. The second-order valence-corrected chi connectivity index (χ2v) is 10.4. The molecule has 3 heteroatoms. The van der Waals surface area contributed by atoms with Crippen LogP contribution in [-0.2, 0) is 6.42 Å². The lowest BCUT2D eigenvalue weighted by Gasteiger charge is -2.24.